The molecule has 2 N–H and O–H groups in total. The molecule has 22 heavy (non-hydrogen) atoms. The maximum absolute atomic E-state index is 13.0. The lowest BCUT2D eigenvalue weighted by Gasteiger charge is -2.11. The molecular weight excluding hydrogens is 285 g/mol. The second-order valence-electron chi connectivity index (χ2n) is 5.52. The number of carbonyl (C=O) groups excluding carboxylic acids is 2. The van der Waals surface area contributed by atoms with Crippen molar-refractivity contribution < 1.29 is 14.0 Å². The first kappa shape index (κ1) is 16.1. The first-order valence-electron chi connectivity index (χ1n) is 7.43. The van der Waals surface area contributed by atoms with E-state index < -0.39 is 11.7 Å². The number of hydrogen-bond donors (Lipinski definition) is 2. The van der Waals surface area contributed by atoms with Gasteiger partial charge in [0.1, 0.15) is 5.82 Å². The van der Waals surface area contributed by atoms with Crippen LogP contribution >= 0.6 is 0 Å². The molecule has 0 saturated heterocycles. The van der Waals surface area contributed by atoms with E-state index in [-0.39, 0.29) is 23.9 Å². The molecule has 0 aliphatic heterocycles. The lowest BCUT2D eigenvalue weighted by molar-refractivity contribution is -0.120. The molecule has 118 valence electrons. The van der Waals surface area contributed by atoms with Gasteiger partial charge < -0.3 is 5.32 Å². The third-order valence-corrected chi connectivity index (χ3v) is 3.57. The summed E-state index contributed by atoms with van der Waals surface area (Å²) in [5.41, 5.74) is 3.01. The number of amides is 2. The van der Waals surface area contributed by atoms with Crippen molar-refractivity contribution in [2.24, 2.45) is 5.10 Å². The Labute approximate surface area is 129 Å². The minimum absolute atomic E-state index is 0.0897. The molecule has 2 amide bonds. The van der Waals surface area contributed by atoms with E-state index in [4.69, 9.17) is 0 Å². The van der Waals surface area contributed by atoms with Gasteiger partial charge in [0.05, 0.1) is 6.42 Å². The second-order valence-corrected chi connectivity index (χ2v) is 5.52. The molecule has 0 atom stereocenters. The Hall–Kier alpha value is -2.24. The quantitative estimate of drug-likeness (QED) is 0.647. The number of carbonyl (C=O) groups is 2. The van der Waals surface area contributed by atoms with Crippen molar-refractivity contribution in [2.45, 2.75) is 45.1 Å². The van der Waals surface area contributed by atoms with Gasteiger partial charge in [-0.05, 0) is 38.0 Å². The van der Waals surface area contributed by atoms with Gasteiger partial charge in [-0.3, -0.25) is 9.59 Å². The van der Waals surface area contributed by atoms with Crippen LogP contribution in [0.1, 0.15) is 49.4 Å². The molecule has 5 nitrogen and oxygen atoms in total. The third-order valence-electron chi connectivity index (χ3n) is 3.57. The summed E-state index contributed by atoms with van der Waals surface area (Å²) in [6, 6.07) is 5.61. The van der Waals surface area contributed by atoms with Gasteiger partial charge in [0.25, 0.3) is 5.91 Å². The van der Waals surface area contributed by atoms with E-state index in [2.05, 4.69) is 15.8 Å². The average molecular weight is 305 g/mol. The van der Waals surface area contributed by atoms with E-state index in [0.717, 1.165) is 31.7 Å². The Balaban J connectivity index is 1.81. The highest BCUT2D eigenvalue weighted by Crippen LogP contribution is 2.17. The molecule has 0 heterocycles. The van der Waals surface area contributed by atoms with Gasteiger partial charge in [0.15, 0.2) is 0 Å². The smallest absolute Gasteiger partial charge is 0.271 e. The maximum atomic E-state index is 13.0. The summed E-state index contributed by atoms with van der Waals surface area (Å²) in [6.07, 6.45) is 4.50. The summed E-state index contributed by atoms with van der Waals surface area (Å²) < 4.78 is 13.0. The number of nitrogens with one attached hydrogen (secondary N) is 2. The zero-order valence-corrected chi connectivity index (χ0v) is 12.6. The topological polar surface area (TPSA) is 70.6 Å². The van der Waals surface area contributed by atoms with Crippen molar-refractivity contribution in [3.05, 3.63) is 35.6 Å². The van der Waals surface area contributed by atoms with E-state index in [1.807, 2.05) is 0 Å². The van der Waals surface area contributed by atoms with Gasteiger partial charge in [0.2, 0.25) is 5.91 Å². The fourth-order valence-corrected chi connectivity index (χ4v) is 2.46. The number of benzene rings is 1. The predicted molar refractivity (Wildman–Crippen MR) is 82.0 cm³/mol. The van der Waals surface area contributed by atoms with E-state index in [1.54, 1.807) is 6.92 Å². The first-order chi connectivity index (χ1) is 10.5. The van der Waals surface area contributed by atoms with Gasteiger partial charge in [-0.15, -0.1) is 0 Å². The zero-order valence-electron chi connectivity index (χ0n) is 12.6. The molecule has 0 aromatic heterocycles. The Morgan fingerprint density at radius 1 is 1.32 bits per heavy atom. The predicted octanol–water partition coefficient (Wildman–Crippen LogP) is 2.38. The van der Waals surface area contributed by atoms with Crippen LogP contribution in [0.15, 0.2) is 29.4 Å². The number of halogens is 1. The molecule has 0 unspecified atom stereocenters. The number of hydrazone groups is 1. The molecule has 0 spiro atoms. The monoisotopic (exact) mass is 305 g/mol. The summed E-state index contributed by atoms with van der Waals surface area (Å²) in [4.78, 5) is 23.6. The molecule has 6 heteroatoms. The largest absolute Gasteiger partial charge is 0.353 e. The Morgan fingerprint density at radius 3 is 2.73 bits per heavy atom. The van der Waals surface area contributed by atoms with Crippen LogP contribution in [0.3, 0.4) is 0 Å². The zero-order chi connectivity index (χ0) is 15.9. The van der Waals surface area contributed by atoms with E-state index >= 15 is 0 Å². The van der Waals surface area contributed by atoms with Gasteiger partial charge >= 0.3 is 0 Å². The summed E-state index contributed by atoms with van der Waals surface area (Å²) in [7, 11) is 0. The second kappa shape index (κ2) is 7.68. The van der Waals surface area contributed by atoms with Crippen LogP contribution in [0, 0.1) is 5.82 Å². The molecule has 0 radical (unpaired) electrons. The van der Waals surface area contributed by atoms with Gasteiger partial charge in [0, 0.05) is 17.3 Å². The highest BCUT2D eigenvalue weighted by atomic mass is 19.1. The molecule has 2 rings (SSSR count). The first-order valence-corrected chi connectivity index (χ1v) is 7.43. The molecular formula is C16H20FN3O2. The van der Waals surface area contributed by atoms with Crippen LogP contribution in [0.2, 0.25) is 0 Å². The number of nitrogens with zero attached hydrogens (tertiary/aromatic N) is 1. The fraction of sp³-hybridized carbons (Fsp3) is 0.438. The Bertz CT molecular complexity index is 581. The SMILES string of the molecule is CC(CC(=O)NC1CCCC1)=NNC(=O)c1cccc(F)c1. The highest BCUT2D eigenvalue weighted by Gasteiger charge is 2.17. The molecule has 1 aliphatic rings. The summed E-state index contributed by atoms with van der Waals surface area (Å²) in [6.45, 7) is 1.67. The normalized spacial score (nSPS) is 15.6. The van der Waals surface area contributed by atoms with Crippen molar-refractivity contribution in [1.82, 2.24) is 10.7 Å². The van der Waals surface area contributed by atoms with Crippen LogP contribution in [-0.4, -0.2) is 23.6 Å². The molecule has 1 aliphatic carbocycles. The molecule has 1 fully saturated rings. The Morgan fingerprint density at radius 2 is 2.05 bits per heavy atom. The van der Waals surface area contributed by atoms with Gasteiger partial charge in [-0.2, -0.15) is 5.10 Å². The Kier molecular flexibility index (Phi) is 5.63. The van der Waals surface area contributed by atoms with Crippen molar-refractivity contribution in [1.29, 1.82) is 0 Å². The van der Waals surface area contributed by atoms with Crippen molar-refractivity contribution >= 4 is 17.5 Å². The summed E-state index contributed by atoms with van der Waals surface area (Å²) >= 11 is 0. The van der Waals surface area contributed by atoms with Crippen LogP contribution < -0.4 is 10.7 Å². The lowest BCUT2D eigenvalue weighted by Crippen LogP contribution is -2.33. The molecule has 0 bridgehead atoms. The van der Waals surface area contributed by atoms with Crippen LogP contribution in [-0.2, 0) is 4.79 Å². The van der Waals surface area contributed by atoms with Crippen molar-refractivity contribution in [2.75, 3.05) is 0 Å². The minimum atomic E-state index is -0.505. The molecule has 1 saturated carbocycles. The van der Waals surface area contributed by atoms with Crippen LogP contribution in [0.4, 0.5) is 4.39 Å². The van der Waals surface area contributed by atoms with Crippen LogP contribution in [0.5, 0.6) is 0 Å². The van der Waals surface area contributed by atoms with E-state index in [1.165, 1.54) is 18.2 Å². The average Bonchev–Trinajstić information content (AvgIpc) is 2.97. The van der Waals surface area contributed by atoms with E-state index in [0.29, 0.717) is 5.71 Å². The van der Waals surface area contributed by atoms with Gasteiger partial charge in [-0.1, -0.05) is 18.9 Å². The maximum Gasteiger partial charge on any atom is 0.271 e. The summed E-state index contributed by atoms with van der Waals surface area (Å²) in [5.74, 6) is -1.08. The van der Waals surface area contributed by atoms with E-state index in [9.17, 15) is 14.0 Å². The fourth-order valence-electron chi connectivity index (χ4n) is 2.46. The lowest BCUT2D eigenvalue weighted by atomic mass is 10.2. The van der Waals surface area contributed by atoms with Gasteiger partial charge in [-0.25, -0.2) is 9.82 Å². The summed E-state index contributed by atoms with van der Waals surface area (Å²) in [5, 5.41) is 6.83. The van der Waals surface area contributed by atoms with Crippen molar-refractivity contribution in [3.63, 3.8) is 0 Å². The third kappa shape index (κ3) is 4.95. The number of hydrogen-bond acceptors (Lipinski definition) is 3. The number of rotatable bonds is 5. The van der Waals surface area contributed by atoms with Crippen molar-refractivity contribution in [3.8, 4) is 0 Å². The standard InChI is InChI=1S/C16H20FN3O2/c1-11(9-15(21)18-14-7-2-3-8-14)19-20-16(22)12-5-4-6-13(17)10-12/h4-6,10,14H,2-3,7-9H2,1H3,(H,18,21)(H,20,22). The van der Waals surface area contributed by atoms with Crippen LogP contribution in [0.25, 0.3) is 0 Å². The molecule has 1 aromatic rings. The molecule has 1 aromatic carbocycles. The highest BCUT2D eigenvalue weighted by molar-refractivity contribution is 6.01. The minimum Gasteiger partial charge on any atom is -0.353 e.